The molecule has 0 aromatic heterocycles. The molecule has 0 aliphatic carbocycles. The van der Waals surface area contributed by atoms with Gasteiger partial charge in [-0.2, -0.15) is 13.2 Å². The zero-order valence-electron chi connectivity index (χ0n) is 9.74. The zero-order chi connectivity index (χ0) is 13.1. The molecule has 0 bridgehead atoms. The van der Waals surface area contributed by atoms with Crippen molar-refractivity contribution in [3.8, 4) is 0 Å². The lowest BCUT2D eigenvalue weighted by Crippen LogP contribution is -2.44. The maximum atomic E-state index is 12.4. The third-order valence-electron chi connectivity index (χ3n) is 3.25. The minimum Gasteiger partial charge on any atom is -0.409 e. The van der Waals surface area contributed by atoms with Crippen LogP contribution in [0.2, 0.25) is 0 Å². The first kappa shape index (κ1) is 14.1. The molecule has 0 saturated carbocycles. The van der Waals surface area contributed by atoms with E-state index < -0.39 is 12.1 Å². The molecule has 1 atom stereocenters. The molecule has 1 heterocycles. The van der Waals surface area contributed by atoms with E-state index in [9.17, 15) is 13.2 Å². The summed E-state index contributed by atoms with van der Waals surface area (Å²) < 4.78 is 37.3. The van der Waals surface area contributed by atoms with Crippen molar-refractivity contribution < 1.29 is 18.4 Å². The molecule has 1 saturated heterocycles. The highest BCUT2D eigenvalue weighted by Crippen LogP contribution is 2.34. The van der Waals surface area contributed by atoms with Crippen molar-refractivity contribution in [1.29, 1.82) is 0 Å². The fraction of sp³-hybridized carbons (Fsp3) is 0.900. The van der Waals surface area contributed by atoms with Gasteiger partial charge in [0.15, 0.2) is 0 Å². The van der Waals surface area contributed by atoms with Crippen molar-refractivity contribution in [3.05, 3.63) is 0 Å². The van der Waals surface area contributed by atoms with Crippen molar-refractivity contribution in [1.82, 2.24) is 4.90 Å². The molecule has 0 aromatic rings. The monoisotopic (exact) mass is 253 g/mol. The topological polar surface area (TPSA) is 61.9 Å². The summed E-state index contributed by atoms with van der Waals surface area (Å²) in [6.45, 7) is 2.68. The van der Waals surface area contributed by atoms with E-state index >= 15 is 0 Å². The quantitative estimate of drug-likeness (QED) is 0.349. The van der Waals surface area contributed by atoms with Crippen LogP contribution in [0.3, 0.4) is 0 Å². The Hall–Kier alpha value is -0.980. The number of amidine groups is 1. The maximum Gasteiger partial charge on any atom is 0.391 e. The van der Waals surface area contributed by atoms with E-state index in [0.717, 1.165) is 0 Å². The van der Waals surface area contributed by atoms with Crippen LogP contribution < -0.4 is 5.73 Å². The average molecular weight is 253 g/mol. The highest BCUT2D eigenvalue weighted by molar-refractivity contribution is 5.80. The summed E-state index contributed by atoms with van der Waals surface area (Å²) in [5.41, 5.74) is 5.37. The number of halogens is 3. The van der Waals surface area contributed by atoms with Gasteiger partial charge in [-0.3, -0.25) is 0 Å². The van der Waals surface area contributed by atoms with E-state index in [-0.39, 0.29) is 24.7 Å². The van der Waals surface area contributed by atoms with Crippen LogP contribution in [0.4, 0.5) is 13.2 Å². The summed E-state index contributed by atoms with van der Waals surface area (Å²) in [5, 5.41) is 11.3. The first-order chi connectivity index (χ1) is 7.84. The molecular formula is C10H18F3N3O. The van der Waals surface area contributed by atoms with Crippen LogP contribution in [0.15, 0.2) is 5.16 Å². The van der Waals surface area contributed by atoms with E-state index in [1.165, 1.54) is 0 Å². The van der Waals surface area contributed by atoms with E-state index in [4.69, 9.17) is 10.9 Å². The van der Waals surface area contributed by atoms with Gasteiger partial charge in [0, 0.05) is 12.5 Å². The lowest BCUT2D eigenvalue weighted by molar-refractivity contribution is -0.185. The van der Waals surface area contributed by atoms with Crippen LogP contribution in [0, 0.1) is 5.92 Å². The lowest BCUT2D eigenvalue weighted by atomic mass is 9.95. The minimum atomic E-state index is -4.08. The van der Waals surface area contributed by atoms with Gasteiger partial charge in [-0.05, 0) is 32.9 Å². The minimum absolute atomic E-state index is 0.0000775. The molecule has 1 aliphatic heterocycles. The van der Waals surface area contributed by atoms with Crippen molar-refractivity contribution in [2.75, 3.05) is 13.1 Å². The molecule has 0 radical (unpaired) electrons. The highest BCUT2D eigenvalue weighted by Gasteiger charge is 2.41. The number of piperidine rings is 1. The molecule has 1 aliphatic rings. The SMILES string of the molecule is CC(C/C(N)=N/O)N1CCC(C(F)(F)F)CC1. The number of oxime groups is 1. The van der Waals surface area contributed by atoms with E-state index in [2.05, 4.69) is 5.16 Å². The van der Waals surface area contributed by atoms with Crippen LogP contribution in [0.1, 0.15) is 26.2 Å². The van der Waals surface area contributed by atoms with Crippen molar-refractivity contribution >= 4 is 5.84 Å². The van der Waals surface area contributed by atoms with E-state index in [1.54, 1.807) is 0 Å². The normalized spacial score (nSPS) is 22.7. The molecule has 0 spiro atoms. The molecule has 1 fully saturated rings. The molecule has 1 unspecified atom stereocenters. The first-order valence-corrected chi connectivity index (χ1v) is 5.61. The van der Waals surface area contributed by atoms with E-state index in [1.807, 2.05) is 11.8 Å². The Morgan fingerprint density at radius 1 is 1.47 bits per heavy atom. The third-order valence-corrected chi connectivity index (χ3v) is 3.25. The largest absolute Gasteiger partial charge is 0.409 e. The second-order valence-corrected chi connectivity index (χ2v) is 4.50. The number of alkyl halides is 3. The summed E-state index contributed by atoms with van der Waals surface area (Å²) in [6.07, 6.45) is -3.46. The van der Waals surface area contributed by atoms with Gasteiger partial charge < -0.3 is 15.8 Å². The first-order valence-electron chi connectivity index (χ1n) is 5.61. The summed E-state index contributed by atoms with van der Waals surface area (Å²) in [7, 11) is 0. The number of nitrogens with two attached hydrogens (primary N) is 1. The predicted molar refractivity (Wildman–Crippen MR) is 57.8 cm³/mol. The summed E-state index contributed by atoms with van der Waals surface area (Å²) in [4.78, 5) is 1.94. The Bertz CT molecular complexity index is 272. The van der Waals surface area contributed by atoms with Gasteiger partial charge in [-0.15, -0.1) is 0 Å². The fourth-order valence-corrected chi connectivity index (χ4v) is 2.14. The maximum absolute atomic E-state index is 12.4. The number of rotatable bonds is 3. The Morgan fingerprint density at radius 2 is 2.00 bits per heavy atom. The van der Waals surface area contributed by atoms with Crippen LogP contribution >= 0.6 is 0 Å². The second kappa shape index (κ2) is 5.57. The Balaban J connectivity index is 2.41. The highest BCUT2D eigenvalue weighted by atomic mass is 19.4. The van der Waals surface area contributed by atoms with Crippen molar-refractivity contribution in [2.24, 2.45) is 16.8 Å². The zero-order valence-corrected chi connectivity index (χ0v) is 9.74. The molecule has 7 heteroatoms. The predicted octanol–water partition coefficient (Wildman–Crippen LogP) is 1.79. The van der Waals surface area contributed by atoms with E-state index in [0.29, 0.717) is 19.5 Å². The molecule has 0 aromatic carbocycles. The van der Waals surface area contributed by atoms with Gasteiger partial charge >= 0.3 is 6.18 Å². The average Bonchev–Trinajstić information content (AvgIpc) is 2.27. The number of hydrogen-bond acceptors (Lipinski definition) is 3. The summed E-state index contributed by atoms with van der Waals surface area (Å²) in [6, 6.07) is 0.0000775. The molecular weight excluding hydrogens is 235 g/mol. The van der Waals surface area contributed by atoms with Crippen molar-refractivity contribution in [3.63, 3.8) is 0 Å². The molecule has 3 N–H and O–H groups in total. The molecule has 4 nitrogen and oxygen atoms in total. The van der Waals surface area contributed by atoms with Gasteiger partial charge in [-0.25, -0.2) is 0 Å². The van der Waals surface area contributed by atoms with Gasteiger partial charge in [0.2, 0.25) is 0 Å². The van der Waals surface area contributed by atoms with Crippen LogP contribution in [0.5, 0.6) is 0 Å². The molecule has 0 amide bonds. The van der Waals surface area contributed by atoms with Gasteiger partial charge in [0.05, 0.1) is 5.92 Å². The van der Waals surface area contributed by atoms with Crippen LogP contribution in [0.25, 0.3) is 0 Å². The van der Waals surface area contributed by atoms with Gasteiger partial charge in [-0.1, -0.05) is 5.16 Å². The number of likely N-dealkylation sites (tertiary alicyclic amines) is 1. The Kier molecular flexibility index (Phi) is 4.62. The molecule has 17 heavy (non-hydrogen) atoms. The van der Waals surface area contributed by atoms with Crippen LogP contribution in [-0.4, -0.2) is 41.3 Å². The second-order valence-electron chi connectivity index (χ2n) is 4.50. The fourth-order valence-electron chi connectivity index (χ4n) is 2.14. The summed E-state index contributed by atoms with van der Waals surface area (Å²) >= 11 is 0. The summed E-state index contributed by atoms with van der Waals surface area (Å²) in [5.74, 6) is -1.08. The standard InChI is InChI=1S/C10H18F3N3O/c1-7(6-9(14)15-17)16-4-2-8(3-5-16)10(11,12)13/h7-8,17H,2-6H2,1H3,(H2,14,15). The van der Waals surface area contributed by atoms with Gasteiger partial charge in [0.25, 0.3) is 0 Å². The van der Waals surface area contributed by atoms with Crippen molar-refractivity contribution in [2.45, 2.75) is 38.4 Å². The molecule has 100 valence electrons. The number of nitrogens with zero attached hydrogens (tertiary/aromatic N) is 2. The number of hydrogen-bond donors (Lipinski definition) is 2. The smallest absolute Gasteiger partial charge is 0.391 e. The molecule has 1 rings (SSSR count). The third kappa shape index (κ3) is 4.07. The van der Waals surface area contributed by atoms with Crippen LogP contribution in [-0.2, 0) is 0 Å². The van der Waals surface area contributed by atoms with Gasteiger partial charge in [0.1, 0.15) is 5.84 Å². The Morgan fingerprint density at radius 3 is 2.41 bits per heavy atom. The lowest BCUT2D eigenvalue weighted by Gasteiger charge is -2.36. The Labute approximate surface area is 98.3 Å².